The molecule has 5 rings (SSSR count). The van der Waals surface area contributed by atoms with E-state index in [4.69, 9.17) is 14.6 Å². The zero-order valence-electron chi connectivity index (χ0n) is 15.2. The quantitative estimate of drug-likeness (QED) is 0.467. The number of hydrogen-bond donors (Lipinski definition) is 3. The van der Waals surface area contributed by atoms with Crippen LogP contribution in [0.5, 0.6) is 0 Å². The first-order valence-electron chi connectivity index (χ1n) is 9.36. The highest BCUT2D eigenvalue weighted by Gasteiger charge is 2.26. The summed E-state index contributed by atoms with van der Waals surface area (Å²) in [6.45, 7) is 1.02. The first-order valence-corrected chi connectivity index (χ1v) is 9.36. The van der Waals surface area contributed by atoms with Crippen LogP contribution in [0, 0.1) is 0 Å². The number of nitrogens with zero attached hydrogens (tertiary/aromatic N) is 4. The van der Waals surface area contributed by atoms with Gasteiger partial charge < -0.3 is 25.2 Å². The standard InChI is InChI=1S/C19H21N7O2/c20-16-11-17(23-19-24-18(25-26(16)19)15-6-3-9-28-15)22-14(13-5-1-7-21-13)10-12-4-2-8-27-12/h2-4,6,8-9,11,13-14,21H,1,5,7,10,20H2,(H,22,23,24,25). The van der Waals surface area contributed by atoms with Gasteiger partial charge in [0.05, 0.1) is 12.5 Å². The third kappa shape index (κ3) is 3.20. The molecule has 9 nitrogen and oxygen atoms in total. The fourth-order valence-electron chi connectivity index (χ4n) is 3.66. The van der Waals surface area contributed by atoms with Crippen LogP contribution in [0.2, 0.25) is 0 Å². The monoisotopic (exact) mass is 379 g/mol. The van der Waals surface area contributed by atoms with Crippen LogP contribution in [0.15, 0.2) is 51.7 Å². The summed E-state index contributed by atoms with van der Waals surface area (Å²) >= 11 is 0. The van der Waals surface area contributed by atoms with E-state index in [2.05, 4.69) is 25.7 Å². The molecule has 1 aliphatic heterocycles. The molecule has 4 aromatic rings. The summed E-state index contributed by atoms with van der Waals surface area (Å²) in [5.74, 6) is 3.49. The zero-order chi connectivity index (χ0) is 18.9. The van der Waals surface area contributed by atoms with Gasteiger partial charge in [0.25, 0.3) is 5.78 Å². The normalized spacial score (nSPS) is 17.9. The molecule has 2 unspecified atom stereocenters. The summed E-state index contributed by atoms with van der Waals surface area (Å²) in [6.07, 6.45) is 6.29. The summed E-state index contributed by atoms with van der Waals surface area (Å²) < 4.78 is 12.4. The molecule has 0 aromatic carbocycles. The molecule has 1 fully saturated rings. The minimum Gasteiger partial charge on any atom is -0.469 e. The third-order valence-corrected chi connectivity index (χ3v) is 5.00. The van der Waals surface area contributed by atoms with E-state index < -0.39 is 0 Å². The highest BCUT2D eigenvalue weighted by Crippen LogP contribution is 2.22. The Morgan fingerprint density at radius 2 is 2.14 bits per heavy atom. The lowest BCUT2D eigenvalue weighted by Crippen LogP contribution is -2.42. The Morgan fingerprint density at radius 1 is 1.25 bits per heavy atom. The number of anilines is 2. The van der Waals surface area contributed by atoms with E-state index >= 15 is 0 Å². The molecule has 1 saturated heterocycles. The Bertz CT molecular complexity index is 1050. The largest absolute Gasteiger partial charge is 0.469 e. The summed E-state index contributed by atoms with van der Waals surface area (Å²) in [7, 11) is 0. The van der Waals surface area contributed by atoms with Crippen molar-refractivity contribution in [3.05, 3.63) is 48.6 Å². The van der Waals surface area contributed by atoms with Gasteiger partial charge in [-0.1, -0.05) is 0 Å². The number of hydrogen-bond acceptors (Lipinski definition) is 8. The number of nitrogens with two attached hydrogens (primary N) is 1. The predicted molar refractivity (Wildman–Crippen MR) is 104 cm³/mol. The maximum Gasteiger partial charge on any atom is 0.256 e. The van der Waals surface area contributed by atoms with E-state index in [1.54, 1.807) is 30.7 Å². The molecule has 0 saturated carbocycles. The van der Waals surface area contributed by atoms with Crippen molar-refractivity contribution in [3.8, 4) is 11.6 Å². The van der Waals surface area contributed by atoms with Crippen molar-refractivity contribution in [2.45, 2.75) is 31.3 Å². The van der Waals surface area contributed by atoms with Gasteiger partial charge in [-0.15, -0.1) is 5.10 Å². The van der Waals surface area contributed by atoms with E-state index in [0.29, 0.717) is 35.0 Å². The van der Waals surface area contributed by atoms with Gasteiger partial charge in [-0.05, 0) is 43.7 Å². The van der Waals surface area contributed by atoms with Crippen molar-refractivity contribution in [2.75, 3.05) is 17.6 Å². The van der Waals surface area contributed by atoms with Crippen molar-refractivity contribution in [1.82, 2.24) is 24.9 Å². The molecule has 0 radical (unpaired) electrons. The number of furan rings is 2. The molecule has 0 aliphatic carbocycles. The zero-order valence-corrected chi connectivity index (χ0v) is 15.2. The fourth-order valence-corrected chi connectivity index (χ4v) is 3.66. The van der Waals surface area contributed by atoms with E-state index in [0.717, 1.165) is 31.6 Å². The summed E-state index contributed by atoms with van der Waals surface area (Å²) in [6, 6.07) is 9.72. The number of aromatic nitrogens is 4. The van der Waals surface area contributed by atoms with Crippen molar-refractivity contribution in [1.29, 1.82) is 0 Å². The minimum atomic E-state index is 0.121. The van der Waals surface area contributed by atoms with Crippen molar-refractivity contribution >= 4 is 17.4 Å². The number of fused-ring (bicyclic) bond motifs is 1. The molecule has 144 valence electrons. The highest BCUT2D eigenvalue weighted by atomic mass is 16.3. The predicted octanol–water partition coefficient (Wildman–Crippen LogP) is 2.33. The lowest BCUT2D eigenvalue weighted by Gasteiger charge is -2.25. The molecule has 2 atom stereocenters. The van der Waals surface area contributed by atoms with Gasteiger partial charge in [-0.2, -0.15) is 14.5 Å². The van der Waals surface area contributed by atoms with Gasteiger partial charge in [0.1, 0.15) is 17.4 Å². The highest BCUT2D eigenvalue weighted by molar-refractivity contribution is 5.57. The van der Waals surface area contributed by atoms with E-state index in [-0.39, 0.29) is 6.04 Å². The van der Waals surface area contributed by atoms with Gasteiger partial charge in [0, 0.05) is 24.6 Å². The fraction of sp³-hybridized carbons (Fsp3) is 0.316. The Labute approximate surface area is 161 Å². The third-order valence-electron chi connectivity index (χ3n) is 5.00. The molecule has 4 aromatic heterocycles. The van der Waals surface area contributed by atoms with Crippen LogP contribution in [0.4, 0.5) is 11.6 Å². The molecule has 0 spiro atoms. The lowest BCUT2D eigenvalue weighted by molar-refractivity contribution is 0.445. The van der Waals surface area contributed by atoms with Gasteiger partial charge in [0.2, 0.25) is 5.82 Å². The number of nitrogen functional groups attached to an aromatic ring is 1. The van der Waals surface area contributed by atoms with Crippen LogP contribution in [0.25, 0.3) is 17.4 Å². The first-order chi connectivity index (χ1) is 13.8. The Morgan fingerprint density at radius 3 is 2.89 bits per heavy atom. The van der Waals surface area contributed by atoms with Gasteiger partial charge in [0.15, 0.2) is 5.76 Å². The Balaban J connectivity index is 1.45. The maximum atomic E-state index is 6.20. The van der Waals surface area contributed by atoms with Crippen LogP contribution in [-0.2, 0) is 6.42 Å². The first kappa shape index (κ1) is 16.8. The van der Waals surface area contributed by atoms with Gasteiger partial charge >= 0.3 is 0 Å². The maximum absolute atomic E-state index is 6.20. The topological polar surface area (TPSA) is 119 Å². The SMILES string of the molecule is Nc1cc(NC(Cc2ccco2)C2CCCN2)nc2nc(-c3ccco3)nn12. The molecular formula is C19H21N7O2. The number of nitrogens with one attached hydrogen (secondary N) is 2. The molecular weight excluding hydrogens is 358 g/mol. The van der Waals surface area contributed by atoms with E-state index in [1.165, 1.54) is 4.52 Å². The van der Waals surface area contributed by atoms with E-state index in [1.807, 2.05) is 12.1 Å². The van der Waals surface area contributed by atoms with Crippen molar-refractivity contribution < 1.29 is 8.83 Å². The molecule has 4 N–H and O–H groups in total. The van der Waals surface area contributed by atoms with Crippen molar-refractivity contribution in [2.24, 2.45) is 0 Å². The van der Waals surface area contributed by atoms with E-state index in [9.17, 15) is 0 Å². The molecule has 1 aliphatic rings. The van der Waals surface area contributed by atoms with Crippen LogP contribution < -0.4 is 16.4 Å². The second kappa shape index (κ2) is 7.01. The molecule has 28 heavy (non-hydrogen) atoms. The second-order valence-electron chi connectivity index (χ2n) is 6.93. The van der Waals surface area contributed by atoms with Crippen LogP contribution in [0.1, 0.15) is 18.6 Å². The minimum absolute atomic E-state index is 0.121. The summed E-state index contributed by atoms with van der Waals surface area (Å²) in [5, 5.41) is 11.5. The summed E-state index contributed by atoms with van der Waals surface area (Å²) in [4.78, 5) is 9.06. The van der Waals surface area contributed by atoms with Gasteiger partial charge in [-0.25, -0.2) is 0 Å². The van der Waals surface area contributed by atoms with Crippen LogP contribution in [0.3, 0.4) is 0 Å². The van der Waals surface area contributed by atoms with Gasteiger partial charge in [-0.3, -0.25) is 0 Å². The molecule has 0 amide bonds. The molecule has 5 heterocycles. The lowest BCUT2D eigenvalue weighted by atomic mass is 10.0. The second-order valence-corrected chi connectivity index (χ2v) is 6.93. The number of rotatable bonds is 6. The smallest absolute Gasteiger partial charge is 0.256 e. The average Bonchev–Trinajstić information content (AvgIpc) is 3.48. The molecule has 0 bridgehead atoms. The Hall–Kier alpha value is -3.33. The van der Waals surface area contributed by atoms with Crippen LogP contribution >= 0.6 is 0 Å². The summed E-state index contributed by atoms with van der Waals surface area (Å²) in [5.41, 5.74) is 6.20. The van der Waals surface area contributed by atoms with Crippen molar-refractivity contribution in [3.63, 3.8) is 0 Å². The Kier molecular flexibility index (Phi) is 4.21. The molecule has 9 heteroatoms. The average molecular weight is 379 g/mol. The van der Waals surface area contributed by atoms with Crippen LogP contribution in [-0.4, -0.2) is 38.2 Å².